The molecule has 0 aliphatic carbocycles. The topological polar surface area (TPSA) is 35.6 Å². The van der Waals surface area contributed by atoms with E-state index in [0.29, 0.717) is 18.5 Å². The van der Waals surface area contributed by atoms with Crippen LogP contribution in [0.1, 0.15) is 13.3 Å². The van der Waals surface area contributed by atoms with Crippen LogP contribution in [0.15, 0.2) is 0 Å². The number of likely N-dealkylation sites (tertiary alicyclic amines) is 1. The summed E-state index contributed by atoms with van der Waals surface area (Å²) in [5.74, 6) is 0.310. The normalized spacial score (nSPS) is 28.6. The summed E-state index contributed by atoms with van der Waals surface area (Å²) in [5, 5.41) is 3.33. The summed E-state index contributed by atoms with van der Waals surface area (Å²) in [5.41, 5.74) is 0. The fraction of sp³-hybridized carbons (Fsp3) is 0.900. The molecule has 1 amide bonds. The van der Waals surface area contributed by atoms with Crippen LogP contribution in [0.25, 0.3) is 0 Å². The Labute approximate surface area is 85.2 Å². The lowest BCUT2D eigenvalue weighted by atomic mass is 10.2. The molecular weight excluding hydrogens is 178 g/mol. The van der Waals surface area contributed by atoms with Crippen molar-refractivity contribution < 1.29 is 4.79 Å². The molecule has 2 aliphatic rings. The molecule has 2 saturated heterocycles. The quantitative estimate of drug-likeness (QED) is 0.649. The Hall–Kier alpha value is -0.610. The van der Waals surface area contributed by atoms with E-state index in [1.165, 1.54) is 6.42 Å². The third-order valence-corrected chi connectivity index (χ3v) is 3.19. The van der Waals surface area contributed by atoms with Crippen molar-refractivity contribution in [2.45, 2.75) is 19.4 Å². The van der Waals surface area contributed by atoms with Gasteiger partial charge in [-0.3, -0.25) is 9.69 Å². The van der Waals surface area contributed by atoms with Crippen LogP contribution in [-0.2, 0) is 4.79 Å². The van der Waals surface area contributed by atoms with Crippen molar-refractivity contribution in [3.05, 3.63) is 0 Å². The molecule has 14 heavy (non-hydrogen) atoms. The number of nitrogens with one attached hydrogen (secondary N) is 1. The summed E-state index contributed by atoms with van der Waals surface area (Å²) in [6, 6.07) is 0.494. The van der Waals surface area contributed by atoms with Crippen LogP contribution in [0.5, 0.6) is 0 Å². The largest absolute Gasteiger partial charge is 0.341 e. The molecule has 80 valence electrons. The van der Waals surface area contributed by atoms with E-state index in [1.807, 2.05) is 4.90 Å². The molecule has 0 spiro atoms. The van der Waals surface area contributed by atoms with Crippen LogP contribution in [-0.4, -0.2) is 61.0 Å². The van der Waals surface area contributed by atoms with E-state index in [4.69, 9.17) is 0 Å². The zero-order valence-electron chi connectivity index (χ0n) is 8.83. The van der Waals surface area contributed by atoms with Crippen LogP contribution in [0.3, 0.4) is 0 Å². The highest BCUT2D eigenvalue weighted by Gasteiger charge is 2.25. The number of amides is 1. The van der Waals surface area contributed by atoms with Crippen LogP contribution < -0.4 is 5.32 Å². The molecule has 2 heterocycles. The molecule has 0 radical (unpaired) electrons. The predicted molar refractivity (Wildman–Crippen MR) is 55.1 cm³/mol. The van der Waals surface area contributed by atoms with E-state index in [-0.39, 0.29) is 0 Å². The highest BCUT2D eigenvalue weighted by atomic mass is 16.2. The molecule has 0 bridgehead atoms. The van der Waals surface area contributed by atoms with E-state index in [2.05, 4.69) is 17.1 Å². The minimum absolute atomic E-state index is 0.310. The maximum absolute atomic E-state index is 11.7. The van der Waals surface area contributed by atoms with Crippen molar-refractivity contribution in [2.24, 2.45) is 0 Å². The number of piperazine rings is 1. The summed E-state index contributed by atoms with van der Waals surface area (Å²) < 4.78 is 0. The second kappa shape index (κ2) is 4.28. The summed E-state index contributed by atoms with van der Waals surface area (Å²) in [4.78, 5) is 15.9. The van der Waals surface area contributed by atoms with E-state index >= 15 is 0 Å². The van der Waals surface area contributed by atoms with Crippen molar-refractivity contribution in [1.29, 1.82) is 0 Å². The Morgan fingerprint density at radius 3 is 2.79 bits per heavy atom. The number of carbonyl (C=O) groups excluding carboxylic acids is 1. The SMILES string of the molecule is C[C@H]1CNCCN1CC(=O)N1CCC1. The summed E-state index contributed by atoms with van der Waals surface area (Å²) >= 11 is 0. The lowest BCUT2D eigenvalue weighted by Crippen LogP contribution is -2.54. The summed E-state index contributed by atoms with van der Waals surface area (Å²) in [6.07, 6.45) is 1.18. The maximum atomic E-state index is 11.7. The van der Waals surface area contributed by atoms with Gasteiger partial charge in [0, 0.05) is 38.8 Å². The van der Waals surface area contributed by atoms with Crippen molar-refractivity contribution in [1.82, 2.24) is 15.1 Å². The molecule has 1 atom stereocenters. The zero-order valence-corrected chi connectivity index (χ0v) is 8.83. The first-order valence-electron chi connectivity index (χ1n) is 5.50. The number of carbonyl (C=O) groups is 1. The molecule has 0 unspecified atom stereocenters. The molecule has 4 heteroatoms. The Bertz CT molecular complexity index is 215. The third-order valence-electron chi connectivity index (χ3n) is 3.19. The van der Waals surface area contributed by atoms with Gasteiger partial charge >= 0.3 is 0 Å². The van der Waals surface area contributed by atoms with Gasteiger partial charge in [0.1, 0.15) is 0 Å². The van der Waals surface area contributed by atoms with Gasteiger partial charge in [0.25, 0.3) is 0 Å². The number of hydrogen-bond donors (Lipinski definition) is 1. The highest BCUT2D eigenvalue weighted by molar-refractivity contribution is 5.79. The van der Waals surface area contributed by atoms with Gasteiger partial charge < -0.3 is 10.2 Å². The standard InChI is InChI=1S/C10H19N3O/c1-9-7-11-3-6-13(9)8-10(14)12-4-2-5-12/h9,11H,2-8H2,1H3/t9-/m0/s1. The van der Waals surface area contributed by atoms with Gasteiger partial charge in [0.05, 0.1) is 6.54 Å². The van der Waals surface area contributed by atoms with Gasteiger partial charge in [0.2, 0.25) is 5.91 Å². The van der Waals surface area contributed by atoms with Gasteiger partial charge in [-0.15, -0.1) is 0 Å². The van der Waals surface area contributed by atoms with Gasteiger partial charge in [0.15, 0.2) is 0 Å². The highest BCUT2D eigenvalue weighted by Crippen LogP contribution is 2.08. The second-order valence-electron chi connectivity index (χ2n) is 4.26. The molecule has 4 nitrogen and oxygen atoms in total. The van der Waals surface area contributed by atoms with Crippen molar-refractivity contribution >= 4 is 5.91 Å². The van der Waals surface area contributed by atoms with Crippen LogP contribution in [0.2, 0.25) is 0 Å². The average molecular weight is 197 g/mol. The Morgan fingerprint density at radius 2 is 2.21 bits per heavy atom. The fourth-order valence-electron chi connectivity index (χ4n) is 1.96. The Balaban J connectivity index is 1.79. The van der Waals surface area contributed by atoms with E-state index in [1.54, 1.807) is 0 Å². The first-order chi connectivity index (χ1) is 6.77. The Kier molecular flexibility index (Phi) is 3.03. The summed E-state index contributed by atoms with van der Waals surface area (Å²) in [7, 11) is 0. The molecule has 2 fully saturated rings. The Morgan fingerprint density at radius 1 is 1.43 bits per heavy atom. The molecule has 0 aromatic rings. The van der Waals surface area contributed by atoms with Crippen molar-refractivity contribution in [3.63, 3.8) is 0 Å². The zero-order chi connectivity index (χ0) is 9.97. The molecular formula is C10H19N3O. The smallest absolute Gasteiger partial charge is 0.236 e. The second-order valence-corrected chi connectivity index (χ2v) is 4.26. The predicted octanol–water partition coefficient (Wildman–Crippen LogP) is -0.488. The third kappa shape index (κ3) is 2.07. The van der Waals surface area contributed by atoms with Crippen LogP contribution in [0.4, 0.5) is 0 Å². The number of rotatable bonds is 2. The average Bonchev–Trinajstić information content (AvgIpc) is 2.05. The molecule has 2 rings (SSSR count). The summed E-state index contributed by atoms with van der Waals surface area (Å²) in [6.45, 7) is 7.75. The van der Waals surface area contributed by atoms with E-state index in [0.717, 1.165) is 32.7 Å². The number of nitrogens with zero attached hydrogens (tertiary/aromatic N) is 2. The van der Waals surface area contributed by atoms with E-state index < -0.39 is 0 Å². The minimum atomic E-state index is 0.310. The van der Waals surface area contributed by atoms with Crippen molar-refractivity contribution in [3.8, 4) is 0 Å². The van der Waals surface area contributed by atoms with Crippen LogP contribution in [0, 0.1) is 0 Å². The maximum Gasteiger partial charge on any atom is 0.236 e. The number of hydrogen-bond acceptors (Lipinski definition) is 3. The first-order valence-corrected chi connectivity index (χ1v) is 5.50. The molecule has 1 N–H and O–H groups in total. The van der Waals surface area contributed by atoms with Crippen molar-refractivity contribution in [2.75, 3.05) is 39.3 Å². The molecule has 0 saturated carbocycles. The van der Waals surface area contributed by atoms with Gasteiger partial charge in [-0.2, -0.15) is 0 Å². The molecule has 0 aromatic heterocycles. The lowest BCUT2D eigenvalue weighted by Gasteiger charge is -2.37. The fourth-order valence-corrected chi connectivity index (χ4v) is 1.96. The molecule has 2 aliphatic heterocycles. The lowest BCUT2D eigenvalue weighted by molar-refractivity contribution is -0.136. The molecule has 0 aromatic carbocycles. The van der Waals surface area contributed by atoms with E-state index in [9.17, 15) is 4.79 Å². The first kappa shape index (κ1) is 9.93. The van der Waals surface area contributed by atoms with Gasteiger partial charge in [-0.1, -0.05) is 0 Å². The van der Waals surface area contributed by atoms with Gasteiger partial charge in [-0.25, -0.2) is 0 Å². The van der Waals surface area contributed by atoms with Gasteiger partial charge in [-0.05, 0) is 13.3 Å². The van der Waals surface area contributed by atoms with Crippen LogP contribution >= 0.6 is 0 Å². The minimum Gasteiger partial charge on any atom is -0.341 e. The monoisotopic (exact) mass is 197 g/mol.